The molecule has 74 valence electrons. The Morgan fingerprint density at radius 2 is 2.15 bits per heavy atom. The van der Waals surface area contributed by atoms with E-state index in [4.69, 9.17) is 0 Å². The summed E-state index contributed by atoms with van der Waals surface area (Å²) in [6, 6.07) is 0. The van der Waals surface area contributed by atoms with Crippen LogP contribution in [0.15, 0.2) is 0 Å². The predicted molar refractivity (Wildman–Crippen MR) is 47.0 cm³/mol. The average Bonchev–Trinajstić information content (AvgIpc) is 2.97. The molecule has 3 nitrogen and oxygen atoms in total. The van der Waals surface area contributed by atoms with Crippen LogP contribution in [0.3, 0.4) is 0 Å². The van der Waals surface area contributed by atoms with Crippen molar-refractivity contribution in [3.05, 3.63) is 0 Å². The number of aliphatic hydroxyl groups is 1. The first-order valence-corrected chi connectivity index (χ1v) is 4.88. The number of esters is 1. The number of aliphatic hydroxyl groups excluding tert-OH is 1. The fourth-order valence-corrected chi connectivity index (χ4v) is 2.46. The van der Waals surface area contributed by atoms with Crippen molar-refractivity contribution < 1.29 is 14.6 Å². The molecular formula is C10H16O3. The van der Waals surface area contributed by atoms with Crippen molar-refractivity contribution in [1.82, 2.24) is 0 Å². The minimum Gasteiger partial charge on any atom is -0.467 e. The highest BCUT2D eigenvalue weighted by Gasteiger charge is 2.63. The molecule has 13 heavy (non-hydrogen) atoms. The zero-order valence-corrected chi connectivity index (χ0v) is 8.12. The lowest BCUT2D eigenvalue weighted by Crippen LogP contribution is -2.33. The van der Waals surface area contributed by atoms with Crippen LogP contribution in [-0.2, 0) is 9.53 Å². The molecule has 0 aliphatic heterocycles. The van der Waals surface area contributed by atoms with Gasteiger partial charge >= 0.3 is 5.97 Å². The summed E-state index contributed by atoms with van der Waals surface area (Å²) in [5, 5.41) is 9.76. The van der Waals surface area contributed by atoms with Crippen LogP contribution in [0, 0.1) is 17.3 Å². The number of hydrogen-bond donors (Lipinski definition) is 1. The molecule has 0 heterocycles. The van der Waals surface area contributed by atoms with Crippen molar-refractivity contribution in [2.75, 3.05) is 7.11 Å². The number of rotatable bonds is 3. The number of ether oxygens (including phenoxy) is 1. The lowest BCUT2D eigenvalue weighted by Gasteiger charge is -2.19. The molecule has 0 aromatic rings. The van der Waals surface area contributed by atoms with Crippen LogP contribution in [-0.4, -0.2) is 24.3 Å². The molecule has 0 aromatic carbocycles. The SMILES string of the molecule is COC(=O)C(O)C1(C2CC2C)CC1. The van der Waals surface area contributed by atoms with Gasteiger partial charge in [-0.25, -0.2) is 4.79 Å². The molecule has 0 bridgehead atoms. The molecule has 0 saturated heterocycles. The van der Waals surface area contributed by atoms with Crippen molar-refractivity contribution >= 4 is 5.97 Å². The molecule has 0 spiro atoms. The summed E-state index contributed by atoms with van der Waals surface area (Å²) >= 11 is 0. The fraction of sp³-hybridized carbons (Fsp3) is 0.900. The summed E-state index contributed by atoms with van der Waals surface area (Å²) in [5.41, 5.74) is -0.105. The van der Waals surface area contributed by atoms with Gasteiger partial charge in [-0.1, -0.05) is 6.92 Å². The lowest BCUT2D eigenvalue weighted by atomic mass is 9.92. The first-order chi connectivity index (χ1) is 6.12. The Morgan fingerprint density at radius 1 is 1.62 bits per heavy atom. The molecule has 3 heteroatoms. The van der Waals surface area contributed by atoms with Crippen LogP contribution in [0.4, 0.5) is 0 Å². The second-order valence-corrected chi connectivity index (χ2v) is 4.48. The highest BCUT2D eigenvalue weighted by Crippen LogP contribution is 2.65. The van der Waals surface area contributed by atoms with Gasteiger partial charge in [0.25, 0.3) is 0 Å². The zero-order valence-electron chi connectivity index (χ0n) is 8.12. The molecule has 2 aliphatic carbocycles. The largest absolute Gasteiger partial charge is 0.467 e. The molecule has 2 aliphatic rings. The van der Waals surface area contributed by atoms with E-state index in [9.17, 15) is 9.90 Å². The predicted octanol–water partition coefficient (Wildman–Crippen LogP) is 0.956. The molecule has 1 N–H and O–H groups in total. The van der Waals surface area contributed by atoms with Gasteiger partial charge in [0.1, 0.15) is 0 Å². The van der Waals surface area contributed by atoms with Crippen LogP contribution >= 0.6 is 0 Å². The number of hydrogen-bond acceptors (Lipinski definition) is 3. The van der Waals surface area contributed by atoms with Crippen molar-refractivity contribution in [2.24, 2.45) is 17.3 Å². The van der Waals surface area contributed by atoms with E-state index < -0.39 is 12.1 Å². The van der Waals surface area contributed by atoms with E-state index in [2.05, 4.69) is 11.7 Å². The topological polar surface area (TPSA) is 46.5 Å². The molecule has 3 unspecified atom stereocenters. The fourth-order valence-electron chi connectivity index (χ4n) is 2.46. The standard InChI is InChI=1S/C10H16O3/c1-6-5-7(6)10(3-4-10)8(11)9(12)13-2/h6-8,11H,3-5H2,1-2H3. The summed E-state index contributed by atoms with van der Waals surface area (Å²) in [5.74, 6) is 0.778. The van der Waals surface area contributed by atoms with E-state index in [0.717, 1.165) is 19.3 Å². The van der Waals surface area contributed by atoms with Crippen molar-refractivity contribution in [1.29, 1.82) is 0 Å². The van der Waals surface area contributed by atoms with Crippen molar-refractivity contribution in [3.8, 4) is 0 Å². The van der Waals surface area contributed by atoms with E-state index in [1.54, 1.807) is 0 Å². The summed E-state index contributed by atoms with van der Waals surface area (Å²) < 4.78 is 4.56. The summed E-state index contributed by atoms with van der Waals surface area (Å²) in [6.07, 6.45) is 2.25. The molecule has 0 aromatic heterocycles. The number of carbonyl (C=O) groups is 1. The van der Waals surface area contributed by atoms with Crippen molar-refractivity contribution in [3.63, 3.8) is 0 Å². The summed E-state index contributed by atoms with van der Waals surface area (Å²) in [6.45, 7) is 2.18. The maximum Gasteiger partial charge on any atom is 0.335 e. The van der Waals surface area contributed by atoms with Gasteiger partial charge < -0.3 is 9.84 Å². The van der Waals surface area contributed by atoms with E-state index in [1.165, 1.54) is 7.11 Å². The minimum absolute atomic E-state index is 0.105. The third-order valence-electron chi connectivity index (χ3n) is 3.64. The summed E-state index contributed by atoms with van der Waals surface area (Å²) in [7, 11) is 1.33. The quantitative estimate of drug-likeness (QED) is 0.664. The van der Waals surface area contributed by atoms with E-state index in [0.29, 0.717) is 11.8 Å². The third kappa shape index (κ3) is 1.26. The van der Waals surface area contributed by atoms with Crippen molar-refractivity contribution in [2.45, 2.75) is 32.3 Å². The van der Waals surface area contributed by atoms with Gasteiger partial charge in [0.15, 0.2) is 6.10 Å². The molecule has 0 amide bonds. The van der Waals surface area contributed by atoms with Gasteiger partial charge in [-0.15, -0.1) is 0 Å². The Labute approximate surface area is 78.1 Å². The first kappa shape index (κ1) is 9.00. The van der Waals surface area contributed by atoms with Gasteiger partial charge in [0.2, 0.25) is 0 Å². The highest BCUT2D eigenvalue weighted by atomic mass is 16.5. The van der Waals surface area contributed by atoms with Gasteiger partial charge in [0.05, 0.1) is 7.11 Å². The number of methoxy groups -OCH3 is 1. The maximum absolute atomic E-state index is 11.2. The molecule has 2 saturated carbocycles. The minimum atomic E-state index is -0.882. The molecule has 0 radical (unpaired) electrons. The Kier molecular flexibility index (Phi) is 1.88. The second-order valence-electron chi connectivity index (χ2n) is 4.48. The molecule has 2 rings (SSSR count). The van der Waals surface area contributed by atoms with Crippen LogP contribution in [0.1, 0.15) is 26.2 Å². The highest BCUT2D eigenvalue weighted by molar-refractivity contribution is 5.76. The smallest absolute Gasteiger partial charge is 0.335 e. The normalized spacial score (nSPS) is 36.5. The first-order valence-electron chi connectivity index (χ1n) is 4.88. The Balaban J connectivity index is 2.03. The molecule has 3 atom stereocenters. The van der Waals surface area contributed by atoms with Gasteiger partial charge in [-0.2, -0.15) is 0 Å². The third-order valence-corrected chi connectivity index (χ3v) is 3.64. The Bertz CT molecular complexity index is 232. The average molecular weight is 184 g/mol. The van der Waals surface area contributed by atoms with Crippen LogP contribution in [0.2, 0.25) is 0 Å². The maximum atomic E-state index is 11.2. The van der Waals surface area contributed by atoms with Crippen LogP contribution in [0.5, 0.6) is 0 Å². The van der Waals surface area contributed by atoms with Crippen LogP contribution < -0.4 is 0 Å². The summed E-state index contributed by atoms with van der Waals surface area (Å²) in [4.78, 5) is 11.2. The Morgan fingerprint density at radius 3 is 2.46 bits per heavy atom. The monoisotopic (exact) mass is 184 g/mol. The van der Waals surface area contributed by atoms with Gasteiger partial charge in [0, 0.05) is 5.41 Å². The van der Waals surface area contributed by atoms with E-state index in [-0.39, 0.29) is 5.41 Å². The van der Waals surface area contributed by atoms with Gasteiger partial charge in [-0.3, -0.25) is 0 Å². The molecule has 2 fully saturated rings. The van der Waals surface area contributed by atoms with E-state index in [1.807, 2.05) is 0 Å². The lowest BCUT2D eigenvalue weighted by molar-refractivity contribution is -0.155. The zero-order chi connectivity index (χ0) is 9.64. The van der Waals surface area contributed by atoms with Crippen LogP contribution in [0.25, 0.3) is 0 Å². The molecular weight excluding hydrogens is 168 g/mol. The van der Waals surface area contributed by atoms with Gasteiger partial charge in [-0.05, 0) is 31.1 Å². The van der Waals surface area contributed by atoms with E-state index >= 15 is 0 Å². The Hall–Kier alpha value is -0.570. The second kappa shape index (κ2) is 2.71. The number of carbonyl (C=O) groups excluding carboxylic acids is 1.